The van der Waals surface area contributed by atoms with Gasteiger partial charge in [-0.05, 0) is 57.0 Å². The molecule has 100 valence electrons. The summed E-state index contributed by atoms with van der Waals surface area (Å²) in [5.41, 5.74) is 4.17. The highest BCUT2D eigenvalue weighted by Gasteiger charge is 2.17. The summed E-state index contributed by atoms with van der Waals surface area (Å²) < 4.78 is 0. The van der Waals surface area contributed by atoms with Crippen molar-refractivity contribution in [1.29, 1.82) is 0 Å². The van der Waals surface area contributed by atoms with E-state index in [-0.39, 0.29) is 0 Å². The summed E-state index contributed by atoms with van der Waals surface area (Å²) >= 11 is 0. The molecule has 1 atom stereocenters. The van der Waals surface area contributed by atoms with Crippen molar-refractivity contribution in [3.8, 4) is 0 Å². The molecule has 0 amide bonds. The van der Waals surface area contributed by atoms with E-state index in [1.807, 2.05) is 0 Å². The number of hydrogen-bond acceptors (Lipinski definition) is 2. The van der Waals surface area contributed by atoms with E-state index in [9.17, 15) is 0 Å². The van der Waals surface area contributed by atoms with Crippen molar-refractivity contribution in [2.45, 2.75) is 45.7 Å². The van der Waals surface area contributed by atoms with Gasteiger partial charge in [0, 0.05) is 19.1 Å². The normalized spacial score (nSPS) is 21.2. The van der Waals surface area contributed by atoms with Crippen LogP contribution >= 0.6 is 0 Å². The smallest absolute Gasteiger partial charge is 0.0217 e. The zero-order valence-corrected chi connectivity index (χ0v) is 12.0. The number of hydrogen-bond donors (Lipinski definition) is 1. The molecule has 1 aliphatic heterocycles. The molecule has 2 heteroatoms. The molecule has 1 aliphatic rings. The summed E-state index contributed by atoms with van der Waals surface area (Å²) in [4.78, 5) is 2.50. The van der Waals surface area contributed by atoms with Crippen LogP contribution in [0, 0.1) is 13.8 Å². The molecule has 1 aromatic carbocycles. The highest BCUT2D eigenvalue weighted by atomic mass is 15.2. The van der Waals surface area contributed by atoms with E-state index in [4.69, 9.17) is 0 Å². The average Bonchev–Trinajstić information content (AvgIpc) is 2.36. The summed E-state index contributed by atoms with van der Waals surface area (Å²) in [5, 5.41) is 3.61. The molecule has 1 aromatic rings. The quantitative estimate of drug-likeness (QED) is 0.879. The molecule has 0 aliphatic carbocycles. The number of aryl methyl sites for hydroxylation is 2. The largest absolute Gasteiger partial charge is 0.311 e. The Labute approximate surface area is 111 Å². The van der Waals surface area contributed by atoms with Gasteiger partial charge in [-0.3, -0.25) is 0 Å². The first-order chi connectivity index (χ1) is 8.66. The predicted octanol–water partition coefficient (Wildman–Crippen LogP) is 2.88. The van der Waals surface area contributed by atoms with E-state index in [2.05, 4.69) is 49.3 Å². The van der Waals surface area contributed by atoms with Crippen molar-refractivity contribution >= 4 is 0 Å². The van der Waals surface area contributed by atoms with Gasteiger partial charge in [0.1, 0.15) is 0 Å². The van der Waals surface area contributed by atoms with Gasteiger partial charge in [-0.2, -0.15) is 0 Å². The van der Waals surface area contributed by atoms with Crippen LogP contribution in [0.4, 0.5) is 0 Å². The van der Waals surface area contributed by atoms with Crippen molar-refractivity contribution in [3.05, 3.63) is 34.9 Å². The number of nitrogens with zero attached hydrogens (tertiary/aromatic N) is 1. The van der Waals surface area contributed by atoms with Crippen molar-refractivity contribution in [2.75, 3.05) is 20.1 Å². The molecule has 0 spiro atoms. The minimum Gasteiger partial charge on any atom is -0.311 e. The Morgan fingerprint density at radius 1 is 1.22 bits per heavy atom. The van der Waals surface area contributed by atoms with Crippen LogP contribution < -0.4 is 5.32 Å². The second-order valence-electron chi connectivity index (χ2n) is 5.68. The van der Waals surface area contributed by atoms with Crippen molar-refractivity contribution < 1.29 is 0 Å². The third kappa shape index (κ3) is 3.56. The van der Waals surface area contributed by atoms with E-state index in [1.165, 1.54) is 42.5 Å². The Hall–Kier alpha value is -0.860. The number of nitrogens with one attached hydrogen (secondary N) is 1. The van der Waals surface area contributed by atoms with E-state index in [0.717, 1.165) is 19.1 Å². The number of piperidine rings is 1. The van der Waals surface area contributed by atoms with Gasteiger partial charge in [0.05, 0.1) is 0 Å². The maximum atomic E-state index is 3.61. The maximum absolute atomic E-state index is 3.61. The third-order valence-electron chi connectivity index (χ3n) is 4.20. The fourth-order valence-electron chi connectivity index (χ4n) is 2.70. The number of likely N-dealkylation sites (tertiary alicyclic amines) is 1. The molecule has 18 heavy (non-hydrogen) atoms. The first-order valence-electron chi connectivity index (χ1n) is 7.14. The molecule has 0 saturated carbocycles. The second-order valence-corrected chi connectivity index (χ2v) is 5.68. The molecule has 1 unspecified atom stereocenters. The van der Waals surface area contributed by atoms with Gasteiger partial charge >= 0.3 is 0 Å². The predicted molar refractivity (Wildman–Crippen MR) is 77.9 cm³/mol. The van der Waals surface area contributed by atoms with Gasteiger partial charge < -0.3 is 10.2 Å². The molecule has 1 N–H and O–H groups in total. The fourth-order valence-corrected chi connectivity index (χ4v) is 2.70. The summed E-state index contributed by atoms with van der Waals surface area (Å²) in [5.74, 6) is 0. The highest BCUT2D eigenvalue weighted by Crippen LogP contribution is 2.14. The molecule has 1 heterocycles. The van der Waals surface area contributed by atoms with E-state index in [0.29, 0.717) is 0 Å². The van der Waals surface area contributed by atoms with E-state index < -0.39 is 0 Å². The maximum Gasteiger partial charge on any atom is 0.0217 e. The SMILES string of the molecule is Cc1ccc(CNCC2CCCCN2C)cc1C. The van der Waals surface area contributed by atoms with Gasteiger partial charge in [0.25, 0.3) is 0 Å². The summed E-state index contributed by atoms with van der Waals surface area (Å²) in [7, 11) is 2.25. The molecule has 2 rings (SSSR count). The first kappa shape index (κ1) is 13.6. The van der Waals surface area contributed by atoms with Gasteiger partial charge in [-0.1, -0.05) is 24.6 Å². The van der Waals surface area contributed by atoms with Crippen molar-refractivity contribution in [1.82, 2.24) is 10.2 Å². The van der Waals surface area contributed by atoms with Crippen LogP contribution in [0.3, 0.4) is 0 Å². The fraction of sp³-hybridized carbons (Fsp3) is 0.625. The molecule has 2 nitrogen and oxygen atoms in total. The standard InChI is InChI=1S/C16H26N2/c1-13-7-8-15(10-14(13)2)11-17-12-16-6-4-5-9-18(16)3/h7-8,10,16-17H,4-6,9,11-12H2,1-3H3. The summed E-state index contributed by atoms with van der Waals surface area (Å²) in [6, 6.07) is 7.48. The van der Waals surface area contributed by atoms with Crippen molar-refractivity contribution in [3.63, 3.8) is 0 Å². The summed E-state index contributed by atoms with van der Waals surface area (Å²) in [6.45, 7) is 7.72. The Balaban J connectivity index is 1.79. The lowest BCUT2D eigenvalue weighted by atomic mass is 10.0. The van der Waals surface area contributed by atoms with Gasteiger partial charge in [-0.25, -0.2) is 0 Å². The Bertz CT molecular complexity index is 387. The van der Waals surface area contributed by atoms with Crippen LogP contribution in [0.25, 0.3) is 0 Å². The molecular formula is C16H26N2. The number of benzene rings is 1. The number of likely N-dealkylation sites (N-methyl/N-ethyl adjacent to an activating group) is 1. The Morgan fingerprint density at radius 2 is 2.06 bits per heavy atom. The minimum atomic E-state index is 0.727. The van der Waals surface area contributed by atoms with E-state index in [1.54, 1.807) is 0 Å². The van der Waals surface area contributed by atoms with Crippen molar-refractivity contribution in [2.24, 2.45) is 0 Å². The number of rotatable bonds is 4. The van der Waals surface area contributed by atoms with Gasteiger partial charge in [0.2, 0.25) is 0 Å². The second kappa shape index (κ2) is 6.35. The van der Waals surface area contributed by atoms with Gasteiger partial charge in [-0.15, -0.1) is 0 Å². The molecule has 1 saturated heterocycles. The molecule has 0 radical (unpaired) electrons. The van der Waals surface area contributed by atoms with Crippen LogP contribution in [0.2, 0.25) is 0 Å². The average molecular weight is 246 g/mol. The Morgan fingerprint density at radius 3 is 2.78 bits per heavy atom. The van der Waals surface area contributed by atoms with Crippen LogP contribution in [0.1, 0.15) is 36.0 Å². The van der Waals surface area contributed by atoms with Crippen LogP contribution in [0.15, 0.2) is 18.2 Å². The third-order valence-corrected chi connectivity index (χ3v) is 4.20. The first-order valence-corrected chi connectivity index (χ1v) is 7.14. The lowest BCUT2D eigenvalue weighted by Gasteiger charge is -2.32. The lowest BCUT2D eigenvalue weighted by molar-refractivity contribution is 0.181. The molecule has 1 fully saturated rings. The van der Waals surface area contributed by atoms with Crippen LogP contribution in [-0.2, 0) is 6.54 Å². The lowest BCUT2D eigenvalue weighted by Crippen LogP contribution is -2.42. The minimum absolute atomic E-state index is 0.727. The zero-order chi connectivity index (χ0) is 13.0. The molecule has 0 aromatic heterocycles. The van der Waals surface area contributed by atoms with Gasteiger partial charge in [0.15, 0.2) is 0 Å². The Kier molecular flexibility index (Phi) is 4.79. The molecular weight excluding hydrogens is 220 g/mol. The zero-order valence-electron chi connectivity index (χ0n) is 12.0. The van der Waals surface area contributed by atoms with E-state index >= 15 is 0 Å². The highest BCUT2D eigenvalue weighted by molar-refractivity contribution is 5.29. The van der Waals surface area contributed by atoms with Crippen LogP contribution in [-0.4, -0.2) is 31.1 Å². The topological polar surface area (TPSA) is 15.3 Å². The summed E-state index contributed by atoms with van der Waals surface area (Å²) in [6.07, 6.45) is 4.10. The van der Waals surface area contributed by atoms with Crippen LogP contribution in [0.5, 0.6) is 0 Å². The monoisotopic (exact) mass is 246 g/mol. The molecule has 0 bridgehead atoms.